The van der Waals surface area contributed by atoms with E-state index in [0.29, 0.717) is 17.7 Å². The lowest BCUT2D eigenvalue weighted by Crippen LogP contribution is -2.41. The standard InChI is InChI=1S/C14H16FNO2S/c1-3-12(17)10-4-5-13-11(8-10)16(7-6-15)14(18)9(2)19-13/h4-5,8-9H,3,6-7H2,1-2H3. The number of rotatable bonds is 4. The van der Waals surface area contributed by atoms with E-state index in [1.165, 1.54) is 16.7 Å². The molecule has 0 bridgehead atoms. The summed E-state index contributed by atoms with van der Waals surface area (Å²) in [6.07, 6.45) is 0.416. The number of Topliss-reactive ketones (excluding diaryl/α,β-unsaturated/α-hetero) is 1. The predicted molar refractivity (Wildman–Crippen MR) is 74.7 cm³/mol. The molecule has 1 aliphatic heterocycles. The van der Waals surface area contributed by atoms with Gasteiger partial charge in [-0.3, -0.25) is 9.59 Å². The highest BCUT2D eigenvalue weighted by Gasteiger charge is 2.30. The van der Waals surface area contributed by atoms with Crippen LogP contribution < -0.4 is 4.90 Å². The first-order chi connectivity index (χ1) is 9.08. The van der Waals surface area contributed by atoms with Crippen LogP contribution in [0.2, 0.25) is 0 Å². The number of fused-ring (bicyclic) bond motifs is 1. The van der Waals surface area contributed by atoms with Crippen LogP contribution in [0.5, 0.6) is 0 Å². The summed E-state index contributed by atoms with van der Waals surface area (Å²) < 4.78 is 12.6. The Kier molecular flexibility index (Phi) is 4.24. The summed E-state index contributed by atoms with van der Waals surface area (Å²) in [5.41, 5.74) is 1.23. The number of halogens is 1. The van der Waals surface area contributed by atoms with Crippen molar-refractivity contribution in [3.63, 3.8) is 0 Å². The SMILES string of the molecule is CCC(=O)c1ccc2c(c1)N(CCF)C(=O)C(C)S2. The number of ketones is 1. The summed E-state index contributed by atoms with van der Waals surface area (Å²) >= 11 is 1.45. The van der Waals surface area contributed by atoms with Gasteiger partial charge in [-0.05, 0) is 19.1 Å². The molecule has 1 aromatic carbocycles. The molecule has 0 fully saturated rings. The molecule has 0 N–H and O–H groups in total. The molecule has 1 atom stereocenters. The Balaban J connectivity index is 2.45. The molecule has 19 heavy (non-hydrogen) atoms. The quantitative estimate of drug-likeness (QED) is 0.796. The van der Waals surface area contributed by atoms with Gasteiger partial charge in [0.15, 0.2) is 5.78 Å². The van der Waals surface area contributed by atoms with E-state index in [1.807, 2.05) is 13.0 Å². The number of hydrogen-bond donors (Lipinski definition) is 0. The van der Waals surface area contributed by atoms with Crippen molar-refractivity contribution in [1.82, 2.24) is 0 Å². The molecule has 0 spiro atoms. The van der Waals surface area contributed by atoms with Gasteiger partial charge in [0, 0.05) is 16.9 Å². The first-order valence-electron chi connectivity index (χ1n) is 6.29. The molecule has 1 unspecified atom stereocenters. The van der Waals surface area contributed by atoms with Gasteiger partial charge in [-0.1, -0.05) is 13.0 Å². The number of alkyl halides is 1. The molecule has 102 valence electrons. The van der Waals surface area contributed by atoms with Gasteiger partial charge in [-0.15, -0.1) is 11.8 Å². The lowest BCUT2D eigenvalue weighted by Gasteiger charge is -2.32. The highest BCUT2D eigenvalue weighted by Crippen LogP contribution is 2.39. The largest absolute Gasteiger partial charge is 0.308 e. The molecule has 1 aliphatic rings. The van der Waals surface area contributed by atoms with Gasteiger partial charge in [-0.2, -0.15) is 0 Å². The Morgan fingerprint density at radius 3 is 2.84 bits per heavy atom. The lowest BCUT2D eigenvalue weighted by atomic mass is 10.1. The van der Waals surface area contributed by atoms with E-state index >= 15 is 0 Å². The fourth-order valence-corrected chi connectivity index (χ4v) is 3.15. The number of carbonyl (C=O) groups excluding carboxylic acids is 2. The molecule has 0 saturated heterocycles. The Labute approximate surface area is 116 Å². The van der Waals surface area contributed by atoms with Crippen molar-refractivity contribution < 1.29 is 14.0 Å². The number of thioether (sulfide) groups is 1. The van der Waals surface area contributed by atoms with Crippen LogP contribution in [0.15, 0.2) is 23.1 Å². The van der Waals surface area contributed by atoms with Crippen molar-refractivity contribution in [3.8, 4) is 0 Å². The molecule has 1 amide bonds. The Morgan fingerprint density at radius 1 is 1.47 bits per heavy atom. The molecular weight excluding hydrogens is 265 g/mol. The van der Waals surface area contributed by atoms with Crippen molar-refractivity contribution in [2.24, 2.45) is 0 Å². The van der Waals surface area contributed by atoms with Gasteiger partial charge < -0.3 is 4.90 Å². The third-order valence-electron chi connectivity index (χ3n) is 3.12. The third-order valence-corrected chi connectivity index (χ3v) is 4.27. The molecule has 2 rings (SSSR count). The van der Waals surface area contributed by atoms with Gasteiger partial charge in [0.25, 0.3) is 0 Å². The maximum absolute atomic E-state index is 12.6. The number of amides is 1. The molecule has 0 aromatic heterocycles. The van der Waals surface area contributed by atoms with Crippen LogP contribution in [-0.2, 0) is 4.79 Å². The average Bonchev–Trinajstić information content (AvgIpc) is 2.42. The van der Waals surface area contributed by atoms with E-state index in [1.54, 1.807) is 19.1 Å². The highest BCUT2D eigenvalue weighted by molar-refractivity contribution is 8.00. The minimum absolute atomic E-state index is 0.0269. The fourth-order valence-electron chi connectivity index (χ4n) is 2.10. The van der Waals surface area contributed by atoms with Crippen molar-refractivity contribution >= 4 is 29.1 Å². The Hall–Kier alpha value is -1.36. The van der Waals surface area contributed by atoms with Crippen molar-refractivity contribution in [3.05, 3.63) is 23.8 Å². The van der Waals surface area contributed by atoms with Crippen LogP contribution >= 0.6 is 11.8 Å². The molecule has 0 aliphatic carbocycles. The second-order valence-corrected chi connectivity index (χ2v) is 5.78. The van der Waals surface area contributed by atoms with E-state index in [9.17, 15) is 14.0 Å². The van der Waals surface area contributed by atoms with Crippen LogP contribution in [0.4, 0.5) is 10.1 Å². The zero-order valence-corrected chi connectivity index (χ0v) is 11.8. The highest BCUT2D eigenvalue weighted by atomic mass is 32.2. The van der Waals surface area contributed by atoms with Crippen LogP contribution in [0.25, 0.3) is 0 Å². The molecule has 0 radical (unpaired) electrons. The van der Waals surface area contributed by atoms with Crippen molar-refractivity contribution in [2.45, 2.75) is 30.4 Å². The smallest absolute Gasteiger partial charge is 0.240 e. The number of carbonyl (C=O) groups is 2. The van der Waals surface area contributed by atoms with Gasteiger partial charge in [0.05, 0.1) is 17.5 Å². The second kappa shape index (κ2) is 5.74. The molecule has 0 saturated carbocycles. The molecule has 1 heterocycles. The maximum atomic E-state index is 12.6. The third kappa shape index (κ3) is 2.66. The zero-order valence-electron chi connectivity index (χ0n) is 11.0. The summed E-state index contributed by atoms with van der Waals surface area (Å²) in [5.74, 6) is -0.0738. The van der Waals surface area contributed by atoms with E-state index in [0.717, 1.165) is 4.90 Å². The number of anilines is 1. The van der Waals surface area contributed by atoms with Gasteiger partial charge in [0.2, 0.25) is 5.91 Å². The van der Waals surface area contributed by atoms with Crippen LogP contribution in [0, 0.1) is 0 Å². The fraction of sp³-hybridized carbons (Fsp3) is 0.429. The Bertz CT molecular complexity index is 518. The zero-order chi connectivity index (χ0) is 14.0. The van der Waals surface area contributed by atoms with E-state index in [4.69, 9.17) is 0 Å². The van der Waals surface area contributed by atoms with Gasteiger partial charge >= 0.3 is 0 Å². The molecule has 1 aromatic rings. The van der Waals surface area contributed by atoms with Crippen molar-refractivity contribution in [2.75, 3.05) is 18.1 Å². The van der Waals surface area contributed by atoms with E-state index in [2.05, 4.69) is 0 Å². The molecular formula is C14H16FNO2S. The first-order valence-corrected chi connectivity index (χ1v) is 7.17. The van der Waals surface area contributed by atoms with Gasteiger partial charge in [0.1, 0.15) is 6.67 Å². The summed E-state index contributed by atoms with van der Waals surface area (Å²) in [5, 5.41) is -0.216. The predicted octanol–water partition coefficient (Wildman–Crippen LogP) is 3.08. The minimum Gasteiger partial charge on any atom is -0.308 e. The maximum Gasteiger partial charge on any atom is 0.240 e. The molecule has 3 nitrogen and oxygen atoms in total. The summed E-state index contributed by atoms with van der Waals surface area (Å²) in [7, 11) is 0. The lowest BCUT2D eigenvalue weighted by molar-refractivity contribution is -0.118. The van der Waals surface area contributed by atoms with Gasteiger partial charge in [-0.25, -0.2) is 4.39 Å². The monoisotopic (exact) mass is 281 g/mol. The number of hydrogen-bond acceptors (Lipinski definition) is 3. The summed E-state index contributed by atoms with van der Waals surface area (Å²) in [6, 6.07) is 5.32. The van der Waals surface area contributed by atoms with Crippen LogP contribution in [0.1, 0.15) is 30.6 Å². The second-order valence-electron chi connectivity index (χ2n) is 4.40. The summed E-state index contributed by atoms with van der Waals surface area (Å²) in [4.78, 5) is 26.2. The summed E-state index contributed by atoms with van der Waals surface area (Å²) in [6.45, 7) is 3.06. The molecule has 5 heteroatoms. The Morgan fingerprint density at radius 2 is 2.21 bits per heavy atom. The average molecular weight is 281 g/mol. The van der Waals surface area contributed by atoms with Crippen molar-refractivity contribution in [1.29, 1.82) is 0 Å². The normalized spacial score (nSPS) is 18.4. The van der Waals surface area contributed by atoms with Crippen LogP contribution in [-0.4, -0.2) is 30.2 Å². The van der Waals surface area contributed by atoms with E-state index < -0.39 is 6.67 Å². The number of nitrogens with zero attached hydrogens (tertiary/aromatic N) is 1. The topological polar surface area (TPSA) is 37.4 Å². The van der Waals surface area contributed by atoms with Crippen LogP contribution in [0.3, 0.4) is 0 Å². The first kappa shape index (κ1) is 14.1. The van der Waals surface area contributed by atoms with E-state index in [-0.39, 0.29) is 23.5 Å². The minimum atomic E-state index is -0.589. The number of benzene rings is 1.